The Labute approximate surface area is 398 Å². The molecule has 0 saturated carbocycles. The highest BCUT2D eigenvalue weighted by Gasteiger charge is 2.27. The molecule has 0 spiro atoms. The maximum Gasteiger partial charge on any atom is 0.410 e. The quantitative estimate of drug-likeness (QED) is 0.225. The van der Waals surface area contributed by atoms with Gasteiger partial charge in [-0.2, -0.15) is 0 Å². The van der Waals surface area contributed by atoms with Crippen LogP contribution < -0.4 is 16.4 Å². The second kappa shape index (κ2) is 37.5. The molecular formula is C38H70Cl6N8O10. The second-order valence-corrected chi connectivity index (χ2v) is 17.3. The highest BCUT2D eigenvalue weighted by Crippen LogP contribution is 2.12. The maximum atomic E-state index is 11.7. The SMILES string of the molecule is CC(C)(C)OC(=O)N1CCN(C(=O)CCl)CC1.CC(C)(C)OC(=O)N1CCNCC1.NCCN1CCOCC1.O=C(CCl)NCCN1CCOCC1.O=C(Cl)CCl.O=C(Cl)CCl. The smallest absolute Gasteiger partial charge is 0.410 e. The number of alkyl halides is 4. The molecule has 364 valence electrons. The fourth-order valence-electron chi connectivity index (χ4n) is 4.96. The third kappa shape index (κ3) is 37.7. The van der Waals surface area contributed by atoms with Crippen molar-refractivity contribution in [3.8, 4) is 0 Å². The van der Waals surface area contributed by atoms with Gasteiger partial charge in [-0.05, 0) is 64.7 Å². The Hall–Kier alpha value is -1.68. The van der Waals surface area contributed by atoms with Gasteiger partial charge >= 0.3 is 12.2 Å². The number of nitrogens with one attached hydrogen (secondary N) is 2. The highest BCUT2D eigenvalue weighted by molar-refractivity contribution is 6.68. The number of morpholine rings is 2. The topological polar surface area (TPSA) is 206 Å². The first kappa shape index (κ1) is 62.4. The summed E-state index contributed by atoms with van der Waals surface area (Å²) in [4.78, 5) is 73.8. The molecule has 0 aromatic rings. The molecule has 0 aromatic carbocycles. The molecule has 4 heterocycles. The van der Waals surface area contributed by atoms with Crippen molar-refractivity contribution in [3.63, 3.8) is 0 Å². The predicted octanol–water partition coefficient (Wildman–Crippen LogP) is 3.06. The highest BCUT2D eigenvalue weighted by atomic mass is 35.5. The van der Waals surface area contributed by atoms with Crippen LogP contribution in [-0.2, 0) is 38.1 Å². The number of piperazine rings is 2. The van der Waals surface area contributed by atoms with Gasteiger partial charge in [0.15, 0.2) is 0 Å². The molecule has 4 N–H and O–H groups in total. The van der Waals surface area contributed by atoms with E-state index in [1.165, 1.54) is 0 Å². The largest absolute Gasteiger partial charge is 0.444 e. The van der Waals surface area contributed by atoms with Gasteiger partial charge in [0.05, 0.1) is 38.2 Å². The van der Waals surface area contributed by atoms with Crippen molar-refractivity contribution < 1.29 is 47.7 Å². The van der Waals surface area contributed by atoms with E-state index < -0.39 is 16.1 Å². The minimum atomic E-state index is -0.508. The number of amides is 4. The van der Waals surface area contributed by atoms with Crippen molar-refractivity contribution in [1.82, 2.24) is 35.1 Å². The van der Waals surface area contributed by atoms with Crippen molar-refractivity contribution >= 4 is 104 Å². The number of nitrogens with zero attached hydrogens (tertiary/aromatic N) is 5. The molecule has 24 heteroatoms. The van der Waals surface area contributed by atoms with Crippen molar-refractivity contribution in [3.05, 3.63) is 0 Å². The van der Waals surface area contributed by atoms with E-state index in [4.69, 9.17) is 94.3 Å². The first-order valence-corrected chi connectivity index (χ1v) is 23.1. The average molecular weight is 1010 g/mol. The molecule has 4 saturated heterocycles. The molecule has 0 atom stereocenters. The van der Waals surface area contributed by atoms with Crippen LogP contribution in [0.2, 0.25) is 0 Å². The van der Waals surface area contributed by atoms with Gasteiger partial charge in [0, 0.05) is 105 Å². The monoisotopic (exact) mass is 1010 g/mol. The van der Waals surface area contributed by atoms with Crippen molar-refractivity contribution in [1.29, 1.82) is 0 Å². The van der Waals surface area contributed by atoms with Crippen LogP contribution in [0.15, 0.2) is 0 Å². The molecule has 4 rings (SSSR count). The Morgan fingerprint density at radius 2 is 0.952 bits per heavy atom. The van der Waals surface area contributed by atoms with Gasteiger partial charge in [0.2, 0.25) is 22.3 Å². The zero-order valence-corrected chi connectivity index (χ0v) is 41.7. The molecule has 4 amide bonds. The summed E-state index contributed by atoms with van der Waals surface area (Å²) in [5.74, 6) is -0.344. The van der Waals surface area contributed by atoms with Gasteiger partial charge in [0.1, 0.15) is 23.0 Å². The van der Waals surface area contributed by atoms with Crippen LogP contribution in [0.25, 0.3) is 0 Å². The van der Waals surface area contributed by atoms with E-state index >= 15 is 0 Å². The van der Waals surface area contributed by atoms with Gasteiger partial charge in [-0.3, -0.25) is 29.0 Å². The van der Waals surface area contributed by atoms with Gasteiger partial charge in [-0.1, -0.05) is 0 Å². The zero-order valence-electron chi connectivity index (χ0n) is 37.1. The fraction of sp³-hybridized carbons (Fsp3) is 0.842. The molecule has 4 aliphatic heterocycles. The van der Waals surface area contributed by atoms with Crippen LogP contribution >= 0.6 is 69.6 Å². The summed E-state index contributed by atoms with van der Waals surface area (Å²) in [5.41, 5.74) is 4.50. The van der Waals surface area contributed by atoms with Crippen LogP contribution in [0, 0.1) is 0 Å². The Balaban J connectivity index is 0. The van der Waals surface area contributed by atoms with Gasteiger partial charge in [-0.15, -0.1) is 46.4 Å². The van der Waals surface area contributed by atoms with E-state index in [0.717, 1.165) is 98.4 Å². The normalized spacial score (nSPS) is 16.9. The van der Waals surface area contributed by atoms with E-state index in [-0.39, 0.29) is 53.1 Å². The number of hydrogen-bond donors (Lipinski definition) is 3. The molecule has 62 heavy (non-hydrogen) atoms. The first-order valence-electron chi connectivity index (χ1n) is 20.2. The molecule has 0 aliphatic carbocycles. The lowest BCUT2D eigenvalue weighted by Gasteiger charge is -2.35. The van der Waals surface area contributed by atoms with Gasteiger partial charge in [-0.25, -0.2) is 9.59 Å². The third-order valence-corrected chi connectivity index (χ3v) is 9.40. The summed E-state index contributed by atoms with van der Waals surface area (Å²) in [7, 11) is 0. The van der Waals surface area contributed by atoms with E-state index in [0.29, 0.717) is 32.7 Å². The summed E-state index contributed by atoms with van der Waals surface area (Å²) in [5, 5.41) is 4.89. The number of carbonyl (C=O) groups is 6. The number of hydrogen-bond acceptors (Lipinski definition) is 14. The van der Waals surface area contributed by atoms with E-state index in [1.54, 1.807) is 14.7 Å². The van der Waals surface area contributed by atoms with Gasteiger partial charge in [0.25, 0.3) is 0 Å². The molecule has 0 bridgehead atoms. The standard InChI is InChI=1S/C11H19ClN2O3.C9H18N2O2.C8H15ClN2O2.C6H14N2O.2C2H2Cl2O/c1-11(2,3)17-10(16)14-6-4-13(5-7-14)9(15)8-12;1-9(2,3)13-8(12)11-6-4-10-5-7-11;9-7-8(12)10-1-2-11-3-5-13-6-4-11;7-1-2-8-3-5-9-6-4-8;2*3-1-2(4)5/h4-8H2,1-3H3;10H,4-7H2,1-3H3;1-7H2,(H,10,12);1-7H2;2*1H2. The molecule has 0 aromatic heterocycles. The van der Waals surface area contributed by atoms with Crippen LogP contribution in [0.4, 0.5) is 9.59 Å². The zero-order chi connectivity index (χ0) is 47.6. The summed E-state index contributed by atoms with van der Waals surface area (Å²) < 4.78 is 20.9. The van der Waals surface area contributed by atoms with Crippen LogP contribution in [0.3, 0.4) is 0 Å². The molecule has 0 radical (unpaired) electrons. The van der Waals surface area contributed by atoms with Gasteiger partial charge < -0.3 is 50.0 Å². The lowest BCUT2D eigenvalue weighted by Crippen LogP contribution is -2.51. The summed E-state index contributed by atoms with van der Waals surface area (Å²) >= 11 is 29.9. The van der Waals surface area contributed by atoms with E-state index in [1.807, 2.05) is 41.5 Å². The predicted molar refractivity (Wildman–Crippen MR) is 246 cm³/mol. The van der Waals surface area contributed by atoms with Crippen LogP contribution in [0.1, 0.15) is 41.5 Å². The Bertz CT molecular complexity index is 1230. The minimum absolute atomic E-state index is 0.00750. The number of rotatable bonds is 9. The molecule has 18 nitrogen and oxygen atoms in total. The van der Waals surface area contributed by atoms with Crippen LogP contribution in [-0.4, -0.2) is 225 Å². The van der Waals surface area contributed by atoms with E-state index in [9.17, 15) is 28.8 Å². The average Bonchev–Trinajstić information content (AvgIpc) is 3.24. The Morgan fingerprint density at radius 1 is 0.581 bits per heavy atom. The lowest BCUT2D eigenvalue weighted by atomic mass is 10.2. The second-order valence-electron chi connectivity index (χ2n) is 15.4. The summed E-state index contributed by atoms with van der Waals surface area (Å²) in [6, 6.07) is 0. The fourth-order valence-corrected chi connectivity index (χ4v) is 5.22. The molecule has 0 unspecified atom stereocenters. The minimum Gasteiger partial charge on any atom is -0.444 e. The maximum absolute atomic E-state index is 11.7. The van der Waals surface area contributed by atoms with Crippen molar-refractivity contribution in [2.24, 2.45) is 5.73 Å². The number of nitrogens with two attached hydrogens (primary N) is 1. The summed E-state index contributed by atoms with van der Waals surface area (Å²) in [6.45, 7) is 27.1. The number of carbonyl (C=O) groups excluding carboxylic acids is 6. The van der Waals surface area contributed by atoms with E-state index in [2.05, 4.69) is 20.4 Å². The molecular weight excluding hydrogens is 941 g/mol. The Morgan fingerprint density at radius 3 is 1.29 bits per heavy atom. The van der Waals surface area contributed by atoms with Crippen molar-refractivity contribution in [2.75, 3.05) is 155 Å². The number of halogens is 6. The van der Waals surface area contributed by atoms with Crippen molar-refractivity contribution in [2.45, 2.75) is 52.7 Å². The summed E-state index contributed by atoms with van der Waals surface area (Å²) in [6.07, 6.45) is -0.524. The Kier molecular flexibility index (Phi) is 37.8. The first-order chi connectivity index (χ1) is 29.1. The lowest BCUT2D eigenvalue weighted by molar-refractivity contribution is -0.130. The molecule has 4 fully saturated rings. The van der Waals surface area contributed by atoms with Crippen LogP contribution in [0.5, 0.6) is 0 Å². The number of ether oxygens (including phenoxy) is 4. The molecule has 4 aliphatic rings. The third-order valence-electron chi connectivity index (χ3n) is 7.90.